The van der Waals surface area contributed by atoms with Gasteiger partial charge in [0.25, 0.3) is 0 Å². The van der Waals surface area contributed by atoms with Crippen molar-refractivity contribution < 1.29 is 23.1 Å². The van der Waals surface area contributed by atoms with Crippen LogP contribution < -0.4 is 0 Å². The van der Waals surface area contributed by atoms with E-state index < -0.39 is 17.8 Å². The molecule has 0 radical (unpaired) electrons. The maximum absolute atomic E-state index is 12.4. The minimum atomic E-state index is -4.40. The van der Waals surface area contributed by atoms with Crippen molar-refractivity contribution in [1.82, 2.24) is 0 Å². The van der Waals surface area contributed by atoms with Crippen molar-refractivity contribution in [3.63, 3.8) is 0 Å². The lowest BCUT2D eigenvalue weighted by molar-refractivity contribution is -0.137. The summed E-state index contributed by atoms with van der Waals surface area (Å²) in [7, 11) is 0. The van der Waals surface area contributed by atoms with E-state index in [9.17, 15) is 23.1 Å². The molecule has 0 saturated heterocycles. The Morgan fingerprint density at radius 3 is 2.22 bits per heavy atom. The van der Waals surface area contributed by atoms with Crippen molar-refractivity contribution in [2.24, 2.45) is 0 Å². The van der Waals surface area contributed by atoms with Gasteiger partial charge >= 0.3 is 6.18 Å². The van der Waals surface area contributed by atoms with Crippen molar-refractivity contribution in [3.8, 4) is 0 Å². The molecule has 0 spiro atoms. The number of carbonyl (C=O) groups is 1. The van der Waals surface area contributed by atoms with Crippen LogP contribution in [0.4, 0.5) is 13.2 Å². The number of hydrogen-bond donors (Lipinski definition) is 1. The van der Waals surface area contributed by atoms with E-state index in [1.54, 1.807) is 6.08 Å². The second-order valence-electron chi connectivity index (χ2n) is 4.14. The Bertz CT molecular complexity index is 486. The van der Waals surface area contributed by atoms with Gasteiger partial charge in [-0.1, -0.05) is 18.2 Å². The molecule has 0 amide bonds. The Labute approximate surface area is 102 Å². The molecule has 5 heteroatoms. The molecule has 1 aliphatic carbocycles. The van der Waals surface area contributed by atoms with E-state index in [1.165, 1.54) is 12.1 Å². The van der Waals surface area contributed by atoms with Gasteiger partial charge in [-0.05, 0) is 24.1 Å². The van der Waals surface area contributed by atoms with Gasteiger partial charge < -0.3 is 5.11 Å². The van der Waals surface area contributed by atoms with Gasteiger partial charge in [-0.25, -0.2) is 0 Å². The smallest absolute Gasteiger partial charge is 0.384 e. The molecule has 96 valence electrons. The maximum Gasteiger partial charge on any atom is 0.416 e. The first kappa shape index (κ1) is 12.8. The van der Waals surface area contributed by atoms with E-state index >= 15 is 0 Å². The van der Waals surface area contributed by atoms with Crippen LogP contribution in [0.5, 0.6) is 0 Å². The van der Waals surface area contributed by atoms with Gasteiger partial charge in [-0.15, -0.1) is 0 Å². The molecule has 1 aliphatic rings. The minimum Gasteiger partial charge on any atom is -0.384 e. The average molecular weight is 256 g/mol. The predicted molar refractivity (Wildman–Crippen MR) is 58.7 cm³/mol. The van der Waals surface area contributed by atoms with Crippen molar-refractivity contribution in [1.29, 1.82) is 0 Å². The zero-order chi connectivity index (χ0) is 13.3. The number of rotatable bonds is 2. The van der Waals surface area contributed by atoms with Crippen LogP contribution in [0.25, 0.3) is 0 Å². The minimum absolute atomic E-state index is 0.151. The van der Waals surface area contributed by atoms with E-state index in [1.807, 2.05) is 0 Å². The summed E-state index contributed by atoms with van der Waals surface area (Å²) >= 11 is 0. The van der Waals surface area contributed by atoms with Gasteiger partial charge in [0, 0.05) is 12.0 Å². The predicted octanol–water partition coefficient (Wildman–Crippen LogP) is 3.03. The van der Waals surface area contributed by atoms with E-state index in [0.717, 1.165) is 12.1 Å². The molecule has 0 bridgehead atoms. The largest absolute Gasteiger partial charge is 0.416 e. The lowest BCUT2D eigenvalue weighted by atomic mass is 9.99. The van der Waals surface area contributed by atoms with Crippen LogP contribution in [-0.4, -0.2) is 10.9 Å². The first-order valence-electron chi connectivity index (χ1n) is 5.48. The third kappa shape index (κ3) is 2.46. The van der Waals surface area contributed by atoms with Crippen LogP contribution in [0.2, 0.25) is 0 Å². The van der Waals surface area contributed by atoms with Gasteiger partial charge in [0.1, 0.15) is 6.10 Å². The standard InChI is InChI=1S/C13H11F3O2/c14-13(15,16)9-6-4-8(5-7-9)12(18)10-2-1-3-11(10)17/h2,4-7,12,18H,1,3H2. The normalized spacial score (nSPS) is 17.8. The quantitative estimate of drug-likeness (QED) is 0.883. The van der Waals surface area contributed by atoms with Crippen LogP contribution in [-0.2, 0) is 11.0 Å². The fourth-order valence-corrected chi connectivity index (χ4v) is 1.92. The molecule has 1 atom stereocenters. The molecule has 2 rings (SSSR count). The first-order chi connectivity index (χ1) is 8.39. The summed E-state index contributed by atoms with van der Waals surface area (Å²) in [5.74, 6) is -0.151. The fourth-order valence-electron chi connectivity index (χ4n) is 1.92. The van der Waals surface area contributed by atoms with Crippen molar-refractivity contribution in [3.05, 3.63) is 47.0 Å². The highest BCUT2D eigenvalue weighted by molar-refractivity contribution is 5.98. The highest BCUT2D eigenvalue weighted by Gasteiger charge is 2.30. The summed E-state index contributed by atoms with van der Waals surface area (Å²) < 4.78 is 37.1. The highest BCUT2D eigenvalue weighted by Crippen LogP contribution is 2.32. The third-order valence-corrected chi connectivity index (χ3v) is 2.91. The Hall–Kier alpha value is -1.62. The molecule has 2 nitrogen and oxygen atoms in total. The highest BCUT2D eigenvalue weighted by atomic mass is 19.4. The second kappa shape index (κ2) is 4.57. The zero-order valence-electron chi connectivity index (χ0n) is 9.37. The van der Waals surface area contributed by atoms with E-state index in [-0.39, 0.29) is 11.4 Å². The number of halogens is 3. The molecule has 1 N–H and O–H groups in total. The van der Waals surface area contributed by atoms with Crippen LogP contribution >= 0.6 is 0 Å². The Balaban J connectivity index is 2.22. The molecule has 18 heavy (non-hydrogen) atoms. The van der Waals surface area contributed by atoms with Crippen LogP contribution in [0.3, 0.4) is 0 Å². The molecule has 0 fully saturated rings. The van der Waals surface area contributed by atoms with Crippen molar-refractivity contribution in [2.75, 3.05) is 0 Å². The van der Waals surface area contributed by atoms with Crippen molar-refractivity contribution >= 4 is 5.78 Å². The van der Waals surface area contributed by atoms with Gasteiger partial charge in [-0.3, -0.25) is 4.79 Å². The zero-order valence-corrected chi connectivity index (χ0v) is 9.37. The Kier molecular flexibility index (Phi) is 3.26. The second-order valence-corrected chi connectivity index (χ2v) is 4.14. The number of alkyl halides is 3. The van der Waals surface area contributed by atoms with Gasteiger partial charge in [0.05, 0.1) is 5.56 Å². The summed E-state index contributed by atoms with van der Waals surface area (Å²) in [6, 6.07) is 4.19. The molecule has 0 aliphatic heterocycles. The van der Waals surface area contributed by atoms with E-state index in [4.69, 9.17) is 0 Å². The molecule has 1 aromatic carbocycles. The van der Waals surface area contributed by atoms with Gasteiger partial charge in [-0.2, -0.15) is 13.2 Å². The lowest BCUT2D eigenvalue weighted by Crippen LogP contribution is -2.09. The molecule has 0 aromatic heterocycles. The Morgan fingerprint density at radius 1 is 1.17 bits per heavy atom. The summed E-state index contributed by atoms with van der Waals surface area (Å²) in [5, 5.41) is 9.91. The SMILES string of the molecule is O=C1CCC=C1C(O)c1ccc(C(F)(F)F)cc1. The summed E-state index contributed by atoms with van der Waals surface area (Å²) in [5.41, 5.74) is -0.204. The molecule has 0 heterocycles. The number of allylic oxidation sites excluding steroid dienone is 1. The number of Topliss-reactive ketones (excluding diaryl/α,β-unsaturated/α-hetero) is 1. The Morgan fingerprint density at radius 2 is 1.78 bits per heavy atom. The van der Waals surface area contributed by atoms with Crippen LogP contribution in [0.1, 0.15) is 30.1 Å². The van der Waals surface area contributed by atoms with E-state index in [0.29, 0.717) is 18.4 Å². The molecule has 1 aromatic rings. The van der Waals surface area contributed by atoms with E-state index in [2.05, 4.69) is 0 Å². The monoisotopic (exact) mass is 256 g/mol. The summed E-state index contributed by atoms with van der Waals surface area (Å²) in [6.45, 7) is 0. The molecule has 0 saturated carbocycles. The molecular formula is C13H11F3O2. The van der Waals surface area contributed by atoms with Gasteiger partial charge in [0.2, 0.25) is 0 Å². The lowest BCUT2D eigenvalue weighted by Gasteiger charge is -2.13. The fraction of sp³-hybridized carbons (Fsp3) is 0.308. The third-order valence-electron chi connectivity index (χ3n) is 2.91. The van der Waals surface area contributed by atoms with Crippen LogP contribution in [0.15, 0.2) is 35.9 Å². The number of aliphatic hydroxyl groups excluding tert-OH is 1. The molecule has 1 unspecified atom stereocenters. The average Bonchev–Trinajstić information content (AvgIpc) is 2.73. The van der Waals surface area contributed by atoms with Crippen LogP contribution in [0, 0.1) is 0 Å². The molecular weight excluding hydrogens is 245 g/mol. The summed E-state index contributed by atoms with van der Waals surface area (Å²) in [6.07, 6.45) is -2.97. The topological polar surface area (TPSA) is 37.3 Å². The van der Waals surface area contributed by atoms with Gasteiger partial charge in [0.15, 0.2) is 5.78 Å². The first-order valence-corrected chi connectivity index (χ1v) is 5.48. The number of carbonyl (C=O) groups excluding carboxylic acids is 1. The van der Waals surface area contributed by atoms with Crippen molar-refractivity contribution in [2.45, 2.75) is 25.1 Å². The number of benzene rings is 1. The number of aliphatic hydroxyl groups is 1. The maximum atomic E-state index is 12.4. The number of hydrogen-bond acceptors (Lipinski definition) is 2. The number of ketones is 1. The summed E-state index contributed by atoms with van der Waals surface area (Å²) in [4.78, 5) is 11.4.